The second-order valence-corrected chi connectivity index (χ2v) is 3.77. The molecular formula is C10H20N2O3. The van der Waals surface area contributed by atoms with E-state index in [1.807, 2.05) is 0 Å². The molecule has 5 heteroatoms. The van der Waals surface area contributed by atoms with Crippen molar-refractivity contribution < 1.29 is 14.3 Å². The third-order valence-corrected chi connectivity index (χ3v) is 2.53. The highest BCUT2D eigenvalue weighted by Crippen LogP contribution is 2.04. The summed E-state index contributed by atoms with van der Waals surface area (Å²) in [5.74, 6) is 0.155. The molecule has 2 unspecified atom stereocenters. The molecule has 15 heavy (non-hydrogen) atoms. The molecule has 0 aromatic rings. The predicted molar refractivity (Wildman–Crippen MR) is 56.7 cm³/mol. The molecule has 0 bridgehead atoms. The first-order valence-corrected chi connectivity index (χ1v) is 5.28. The molecule has 0 saturated carbocycles. The lowest BCUT2D eigenvalue weighted by Crippen LogP contribution is -2.40. The minimum absolute atomic E-state index is 0.0760. The van der Waals surface area contributed by atoms with Crippen molar-refractivity contribution in [2.75, 3.05) is 33.9 Å². The highest BCUT2D eigenvalue weighted by atomic mass is 16.5. The molecule has 0 aromatic carbocycles. The lowest BCUT2D eigenvalue weighted by molar-refractivity contribution is -0.119. The van der Waals surface area contributed by atoms with Crippen molar-refractivity contribution in [1.82, 2.24) is 10.6 Å². The molecule has 5 nitrogen and oxygen atoms in total. The van der Waals surface area contributed by atoms with E-state index in [-0.39, 0.29) is 18.1 Å². The third-order valence-electron chi connectivity index (χ3n) is 2.53. The Hall–Kier alpha value is -0.650. The van der Waals surface area contributed by atoms with Crippen LogP contribution in [0.2, 0.25) is 0 Å². The molecule has 2 atom stereocenters. The van der Waals surface area contributed by atoms with Gasteiger partial charge in [0, 0.05) is 39.8 Å². The Labute approximate surface area is 90.5 Å². The summed E-state index contributed by atoms with van der Waals surface area (Å²) >= 11 is 0. The summed E-state index contributed by atoms with van der Waals surface area (Å²) < 4.78 is 10.2. The highest BCUT2D eigenvalue weighted by Gasteiger charge is 2.20. The summed E-state index contributed by atoms with van der Waals surface area (Å²) in [5.41, 5.74) is 0. The average Bonchev–Trinajstić information content (AvgIpc) is 2.63. The molecule has 1 aliphatic heterocycles. The molecule has 0 aromatic heterocycles. The van der Waals surface area contributed by atoms with Gasteiger partial charge in [-0.15, -0.1) is 0 Å². The fourth-order valence-electron chi connectivity index (χ4n) is 1.65. The summed E-state index contributed by atoms with van der Waals surface area (Å²) in [5, 5.41) is 6.17. The predicted octanol–water partition coefficient (Wildman–Crippen LogP) is -0.484. The normalized spacial score (nSPS) is 22.8. The van der Waals surface area contributed by atoms with Crippen LogP contribution in [0.15, 0.2) is 0 Å². The van der Waals surface area contributed by atoms with Crippen LogP contribution in [-0.4, -0.2) is 52.0 Å². The first kappa shape index (κ1) is 12.4. The fraction of sp³-hybridized carbons (Fsp3) is 0.900. The van der Waals surface area contributed by atoms with E-state index >= 15 is 0 Å². The van der Waals surface area contributed by atoms with E-state index in [4.69, 9.17) is 9.47 Å². The van der Waals surface area contributed by atoms with Crippen molar-refractivity contribution >= 4 is 5.91 Å². The maximum atomic E-state index is 10.9. The van der Waals surface area contributed by atoms with Crippen LogP contribution in [0.1, 0.15) is 12.8 Å². The second-order valence-electron chi connectivity index (χ2n) is 3.77. The molecule has 1 heterocycles. The van der Waals surface area contributed by atoms with E-state index in [9.17, 15) is 4.79 Å². The van der Waals surface area contributed by atoms with E-state index in [2.05, 4.69) is 10.6 Å². The first-order valence-electron chi connectivity index (χ1n) is 5.28. The van der Waals surface area contributed by atoms with Gasteiger partial charge in [-0.3, -0.25) is 4.79 Å². The number of hydrogen-bond acceptors (Lipinski definition) is 4. The van der Waals surface area contributed by atoms with Gasteiger partial charge in [0.15, 0.2) is 0 Å². The lowest BCUT2D eigenvalue weighted by Gasteiger charge is -2.17. The van der Waals surface area contributed by atoms with E-state index in [1.165, 1.54) is 0 Å². The van der Waals surface area contributed by atoms with Gasteiger partial charge in [0.25, 0.3) is 0 Å². The van der Waals surface area contributed by atoms with Gasteiger partial charge in [0.1, 0.15) is 0 Å². The molecule has 88 valence electrons. The van der Waals surface area contributed by atoms with Crippen molar-refractivity contribution in [3.63, 3.8) is 0 Å². The van der Waals surface area contributed by atoms with E-state index in [1.54, 1.807) is 14.2 Å². The van der Waals surface area contributed by atoms with Crippen LogP contribution >= 0.6 is 0 Å². The van der Waals surface area contributed by atoms with Gasteiger partial charge in [0.05, 0.1) is 12.7 Å². The van der Waals surface area contributed by atoms with Gasteiger partial charge >= 0.3 is 0 Å². The Morgan fingerprint density at radius 1 is 1.60 bits per heavy atom. The maximum absolute atomic E-state index is 10.9. The number of carbonyl (C=O) groups excluding carboxylic acids is 1. The molecule has 2 N–H and O–H groups in total. The number of rotatable bonds is 7. The molecule has 1 amide bonds. The van der Waals surface area contributed by atoms with Crippen LogP contribution in [0.25, 0.3) is 0 Å². The lowest BCUT2D eigenvalue weighted by atomic mass is 10.2. The maximum Gasteiger partial charge on any atom is 0.220 e. The average molecular weight is 216 g/mol. The zero-order valence-corrected chi connectivity index (χ0v) is 9.41. The molecule has 0 radical (unpaired) electrons. The number of amides is 1. The van der Waals surface area contributed by atoms with Crippen LogP contribution in [0.5, 0.6) is 0 Å². The van der Waals surface area contributed by atoms with Gasteiger partial charge in [-0.2, -0.15) is 0 Å². The molecule has 1 fully saturated rings. The summed E-state index contributed by atoms with van der Waals surface area (Å²) in [4.78, 5) is 10.9. The van der Waals surface area contributed by atoms with Crippen LogP contribution in [0.4, 0.5) is 0 Å². The number of methoxy groups -OCH3 is 2. The van der Waals surface area contributed by atoms with Crippen LogP contribution in [0.3, 0.4) is 0 Å². The quantitative estimate of drug-likeness (QED) is 0.603. The summed E-state index contributed by atoms with van der Waals surface area (Å²) in [6, 6.07) is 0.276. The van der Waals surface area contributed by atoms with Crippen molar-refractivity contribution in [2.45, 2.75) is 25.0 Å². The van der Waals surface area contributed by atoms with Crippen molar-refractivity contribution in [3.05, 3.63) is 0 Å². The number of ether oxygens (including phenoxy) is 2. The minimum Gasteiger partial charge on any atom is -0.382 e. The third kappa shape index (κ3) is 4.59. The van der Waals surface area contributed by atoms with Crippen molar-refractivity contribution in [2.24, 2.45) is 0 Å². The zero-order valence-electron chi connectivity index (χ0n) is 9.41. The van der Waals surface area contributed by atoms with Gasteiger partial charge in [-0.1, -0.05) is 0 Å². The molecule has 1 aliphatic rings. The van der Waals surface area contributed by atoms with Gasteiger partial charge in [0.2, 0.25) is 5.91 Å². The largest absolute Gasteiger partial charge is 0.382 e. The number of carbonyl (C=O) groups is 1. The molecule has 1 rings (SSSR count). The molecule has 1 saturated heterocycles. The smallest absolute Gasteiger partial charge is 0.220 e. The zero-order chi connectivity index (χ0) is 11.1. The van der Waals surface area contributed by atoms with Crippen LogP contribution < -0.4 is 10.6 Å². The van der Waals surface area contributed by atoms with E-state index in [0.717, 1.165) is 19.5 Å². The van der Waals surface area contributed by atoms with E-state index in [0.29, 0.717) is 13.0 Å². The Morgan fingerprint density at radius 3 is 2.93 bits per heavy atom. The second kappa shape index (κ2) is 6.76. The Morgan fingerprint density at radius 2 is 2.40 bits per heavy atom. The molecular weight excluding hydrogens is 196 g/mol. The molecule has 0 spiro atoms. The van der Waals surface area contributed by atoms with Gasteiger partial charge in [-0.25, -0.2) is 0 Å². The standard InChI is InChI=1S/C10H20N2O3/c1-14-7-9(15-2)6-11-5-8-3-4-10(13)12-8/h8-9,11H,3-7H2,1-2H3,(H,12,13). The number of hydrogen-bond donors (Lipinski definition) is 2. The Balaban J connectivity index is 2.06. The van der Waals surface area contributed by atoms with Crippen molar-refractivity contribution in [3.8, 4) is 0 Å². The first-order chi connectivity index (χ1) is 7.26. The minimum atomic E-state index is 0.0760. The Bertz CT molecular complexity index is 199. The Kier molecular flexibility index (Phi) is 5.60. The van der Waals surface area contributed by atoms with Crippen LogP contribution in [0, 0.1) is 0 Å². The SMILES string of the molecule is COCC(CNCC1CCC(=O)N1)OC. The fourth-order valence-corrected chi connectivity index (χ4v) is 1.65. The monoisotopic (exact) mass is 216 g/mol. The van der Waals surface area contributed by atoms with Gasteiger partial charge < -0.3 is 20.1 Å². The van der Waals surface area contributed by atoms with Gasteiger partial charge in [-0.05, 0) is 6.42 Å². The summed E-state index contributed by atoms with van der Waals surface area (Å²) in [6.45, 7) is 2.13. The highest BCUT2D eigenvalue weighted by molar-refractivity contribution is 5.78. The summed E-state index contributed by atoms with van der Waals surface area (Å²) in [6.07, 6.45) is 1.65. The van der Waals surface area contributed by atoms with Crippen molar-refractivity contribution in [1.29, 1.82) is 0 Å². The summed E-state index contributed by atoms with van der Waals surface area (Å²) in [7, 11) is 3.33. The van der Waals surface area contributed by atoms with Crippen LogP contribution in [-0.2, 0) is 14.3 Å². The number of nitrogens with one attached hydrogen (secondary N) is 2. The topological polar surface area (TPSA) is 59.6 Å². The van der Waals surface area contributed by atoms with E-state index < -0.39 is 0 Å². The molecule has 0 aliphatic carbocycles.